The van der Waals surface area contributed by atoms with Crippen molar-refractivity contribution in [2.24, 2.45) is 5.73 Å². The predicted octanol–water partition coefficient (Wildman–Crippen LogP) is 2.55. The van der Waals surface area contributed by atoms with Gasteiger partial charge in [-0.15, -0.1) is 0 Å². The Morgan fingerprint density at radius 3 is 3.06 bits per heavy atom. The lowest BCUT2D eigenvalue weighted by Gasteiger charge is -2.40. The zero-order valence-electron chi connectivity index (χ0n) is 10.3. The van der Waals surface area contributed by atoms with Gasteiger partial charge in [-0.1, -0.05) is 6.07 Å². The number of fused-ring (bicyclic) bond motifs is 1. The Morgan fingerprint density at radius 2 is 2.17 bits per heavy atom. The molecular formula is C14H18FNO2. The van der Waals surface area contributed by atoms with Gasteiger partial charge in [-0.2, -0.15) is 0 Å². The van der Waals surface area contributed by atoms with E-state index in [1.54, 1.807) is 6.07 Å². The van der Waals surface area contributed by atoms with Gasteiger partial charge < -0.3 is 15.2 Å². The number of hydrogen-bond donors (Lipinski definition) is 1. The maximum Gasteiger partial charge on any atom is 0.127 e. The van der Waals surface area contributed by atoms with E-state index in [1.807, 2.05) is 0 Å². The van der Waals surface area contributed by atoms with Crippen LogP contribution in [0.25, 0.3) is 0 Å². The molecule has 0 radical (unpaired) electrons. The second kappa shape index (κ2) is 4.52. The van der Waals surface area contributed by atoms with Crippen molar-refractivity contribution in [2.75, 3.05) is 13.2 Å². The quantitative estimate of drug-likeness (QED) is 0.770. The van der Waals surface area contributed by atoms with Crippen LogP contribution in [0.15, 0.2) is 18.2 Å². The Kier molecular flexibility index (Phi) is 2.99. The van der Waals surface area contributed by atoms with E-state index in [9.17, 15) is 4.39 Å². The smallest absolute Gasteiger partial charge is 0.127 e. The summed E-state index contributed by atoms with van der Waals surface area (Å²) in [4.78, 5) is 0. The standard InChI is InChI=1S/C14H18FNO2/c15-10-2-3-11-12(16)9-14(18-13(11)8-10)4-1-6-17-7-5-14/h2-3,8,12H,1,4-7,9,16H2. The van der Waals surface area contributed by atoms with Crippen molar-refractivity contribution in [1.29, 1.82) is 0 Å². The lowest BCUT2D eigenvalue weighted by Crippen LogP contribution is -2.43. The van der Waals surface area contributed by atoms with Crippen LogP contribution in [-0.4, -0.2) is 18.8 Å². The molecule has 0 aliphatic carbocycles. The van der Waals surface area contributed by atoms with Crippen LogP contribution >= 0.6 is 0 Å². The topological polar surface area (TPSA) is 44.5 Å². The Bertz CT molecular complexity index is 441. The summed E-state index contributed by atoms with van der Waals surface area (Å²) in [5.41, 5.74) is 6.85. The lowest BCUT2D eigenvalue weighted by molar-refractivity contribution is 0.0152. The van der Waals surface area contributed by atoms with Gasteiger partial charge in [-0.05, 0) is 18.9 Å². The van der Waals surface area contributed by atoms with Gasteiger partial charge >= 0.3 is 0 Å². The van der Waals surface area contributed by atoms with E-state index >= 15 is 0 Å². The summed E-state index contributed by atoms with van der Waals surface area (Å²) in [6.45, 7) is 1.47. The zero-order chi connectivity index (χ0) is 12.6. The van der Waals surface area contributed by atoms with Crippen molar-refractivity contribution in [1.82, 2.24) is 0 Å². The molecule has 2 N–H and O–H groups in total. The first-order chi connectivity index (χ1) is 8.69. The highest BCUT2D eigenvalue weighted by molar-refractivity contribution is 5.39. The summed E-state index contributed by atoms with van der Waals surface area (Å²) < 4.78 is 24.9. The molecule has 0 amide bonds. The molecule has 2 aliphatic heterocycles. The largest absolute Gasteiger partial charge is 0.487 e. The molecule has 0 saturated carbocycles. The average molecular weight is 251 g/mol. The number of ether oxygens (including phenoxy) is 2. The Morgan fingerprint density at radius 1 is 1.28 bits per heavy atom. The molecule has 3 rings (SSSR count). The fourth-order valence-corrected chi connectivity index (χ4v) is 2.98. The van der Waals surface area contributed by atoms with E-state index in [1.165, 1.54) is 12.1 Å². The molecule has 2 aliphatic rings. The number of rotatable bonds is 0. The number of hydrogen-bond acceptors (Lipinski definition) is 3. The minimum Gasteiger partial charge on any atom is -0.487 e. The maximum atomic E-state index is 13.3. The molecule has 0 bridgehead atoms. The van der Waals surface area contributed by atoms with E-state index in [4.69, 9.17) is 15.2 Å². The summed E-state index contributed by atoms with van der Waals surface area (Å²) in [6.07, 6.45) is 3.51. The molecule has 1 aromatic rings. The first-order valence-electron chi connectivity index (χ1n) is 6.50. The number of halogens is 1. The highest BCUT2D eigenvalue weighted by Gasteiger charge is 2.40. The first-order valence-corrected chi connectivity index (χ1v) is 6.50. The predicted molar refractivity (Wildman–Crippen MR) is 66.0 cm³/mol. The van der Waals surface area contributed by atoms with Gasteiger partial charge in [-0.3, -0.25) is 0 Å². The van der Waals surface area contributed by atoms with Gasteiger partial charge in [0.2, 0.25) is 0 Å². The van der Waals surface area contributed by atoms with E-state index in [2.05, 4.69) is 0 Å². The second-order valence-corrected chi connectivity index (χ2v) is 5.24. The molecular weight excluding hydrogens is 233 g/mol. The highest BCUT2D eigenvalue weighted by atomic mass is 19.1. The minimum absolute atomic E-state index is 0.0764. The van der Waals surface area contributed by atoms with Crippen LogP contribution in [0.4, 0.5) is 4.39 Å². The SMILES string of the molecule is NC1CC2(CCCOCC2)Oc2cc(F)ccc21. The fourth-order valence-electron chi connectivity index (χ4n) is 2.98. The molecule has 2 atom stereocenters. The summed E-state index contributed by atoms with van der Waals surface area (Å²) in [5.74, 6) is 0.332. The monoisotopic (exact) mass is 251 g/mol. The molecule has 18 heavy (non-hydrogen) atoms. The second-order valence-electron chi connectivity index (χ2n) is 5.24. The van der Waals surface area contributed by atoms with Crippen molar-refractivity contribution in [2.45, 2.75) is 37.3 Å². The van der Waals surface area contributed by atoms with Gasteiger partial charge in [0.05, 0.1) is 6.61 Å². The van der Waals surface area contributed by atoms with Crippen LogP contribution in [0.3, 0.4) is 0 Å². The normalized spacial score (nSPS) is 31.6. The van der Waals surface area contributed by atoms with Crippen molar-refractivity contribution < 1.29 is 13.9 Å². The summed E-state index contributed by atoms with van der Waals surface area (Å²) in [6, 6.07) is 4.54. The molecule has 0 aromatic heterocycles. The highest BCUT2D eigenvalue weighted by Crippen LogP contribution is 2.43. The van der Waals surface area contributed by atoms with Crippen molar-refractivity contribution in [3.05, 3.63) is 29.6 Å². The fraction of sp³-hybridized carbons (Fsp3) is 0.571. The van der Waals surface area contributed by atoms with Gasteiger partial charge in [0.25, 0.3) is 0 Å². The molecule has 1 fully saturated rings. The van der Waals surface area contributed by atoms with Crippen LogP contribution in [0.1, 0.15) is 37.3 Å². The summed E-state index contributed by atoms with van der Waals surface area (Å²) >= 11 is 0. The van der Waals surface area contributed by atoms with Crippen molar-refractivity contribution >= 4 is 0 Å². The zero-order valence-corrected chi connectivity index (χ0v) is 10.3. The Labute approximate surface area is 106 Å². The Hall–Kier alpha value is -1.13. The van der Waals surface area contributed by atoms with Crippen LogP contribution in [0, 0.1) is 5.82 Å². The van der Waals surface area contributed by atoms with Gasteiger partial charge in [-0.25, -0.2) is 4.39 Å². The van der Waals surface area contributed by atoms with Crippen LogP contribution in [-0.2, 0) is 4.74 Å². The van der Waals surface area contributed by atoms with E-state index in [0.29, 0.717) is 12.4 Å². The Balaban J connectivity index is 1.93. The van der Waals surface area contributed by atoms with Crippen LogP contribution in [0.2, 0.25) is 0 Å². The van der Waals surface area contributed by atoms with E-state index in [-0.39, 0.29) is 17.5 Å². The summed E-state index contributed by atoms with van der Waals surface area (Å²) in [7, 11) is 0. The third-order valence-electron chi connectivity index (χ3n) is 3.92. The molecule has 2 heterocycles. The van der Waals surface area contributed by atoms with E-state index < -0.39 is 0 Å². The van der Waals surface area contributed by atoms with Gasteiger partial charge in [0.15, 0.2) is 0 Å². The molecule has 1 spiro atoms. The van der Waals surface area contributed by atoms with Crippen molar-refractivity contribution in [3.8, 4) is 5.75 Å². The molecule has 1 aromatic carbocycles. The molecule has 3 nitrogen and oxygen atoms in total. The van der Waals surface area contributed by atoms with Gasteiger partial charge in [0, 0.05) is 37.1 Å². The molecule has 2 unspecified atom stereocenters. The molecule has 98 valence electrons. The summed E-state index contributed by atoms with van der Waals surface area (Å²) in [5, 5.41) is 0. The van der Waals surface area contributed by atoms with Gasteiger partial charge in [0.1, 0.15) is 17.2 Å². The third kappa shape index (κ3) is 2.10. The van der Waals surface area contributed by atoms with Crippen molar-refractivity contribution in [3.63, 3.8) is 0 Å². The number of nitrogens with two attached hydrogens (primary N) is 1. The third-order valence-corrected chi connectivity index (χ3v) is 3.92. The average Bonchev–Trinajstić information content (AvgIpc) is 2.54. The van der Waals surface area contributed by atoms with E-state index in [0.717, 1.165) is 37.9 Å². The molecule has 1 saturated heterocycles. The maximum absolute atomic E-state index is 13.3. The van der Waals surface area contributed by atoms with Crippen LogP contribution in [0.5, 0.6) is 5.75 Å². The lowest BCUT2D eigenvalue weighted by atomic mass is 9.83. The first kappa shape index (κ1) is 11.9. The molecule has 4 heteroatoms. The minimum atomic E-state index is -0.275. The number of benzene rings is 1. The van der Waals surface area contributed by atoms with Crippen LogP contribution < -0.4 is 10.5 Å².